The topological polar surface area (TPSA) is 59.1 Å². The Kier molecular flexibility index (Phi) is 2.93. The average molecular weight is 188 g/mol. The molecule has 0 bridgehead atoms. The van der Waals surface area contributed by atoms with Gasteiger partial charge < -0.3 is 14.6 Å². The fourth-order valence-electron chi connectivity index (χ4n) is 0.861. The fourth-order valence-corrected chi connectivity index (χ4v) is 0.861. The lowest BCUT2D eigenvalue weighted by Gasteiger charge is -2.15. The Morgan fingerprint density at radius 2 is 2.08 bits per heavy atom. The first-order chi connectivity index (χ1) is 5.95. The minimum Gasteiger partial charge on any atom is -0.462 e. The summed E-state index contributed by atoms with van der Waals surface area (Å²) in [5, 5.41) is 8.64. The molecule has 76 valence electrons. The van der Waals surface area contributed by atoms with Crippen molar-refractivity contribution < 1.29 is 19.4 Å². The van der Waals surface area contributed by atoms with Crippen molar-refractivity contribution in [1.29, 1.82) is 0 Å². The van der Waals surface area contributed by atoms with Crippen LogP contribution < -0.4 is 0 Å². The van der Waals surface area contributed by atoms with E-state index < -0.39 is 5.41 Å². The summed E-state index contributed by atoms with van der Waals surface area (Å²) in [6.45, 7) is 5.64. The van der Waals surface area contributed by atoms with Crippen LogP contribution in [0.4, 0.5) is 0 Å². The summed E-state index contributed by atoms with van der Waals surface area (Å²) in [5.41, 5.74) is -0.469. The lowest BCUT2D eigenvalue weighted by molar-refractivity contribution is -0.153. The third kappa shape index (κ3) is 2.97. The Hall–Kier alpha value is -0.610. The smallest absolute Gasteiger partial charge is 0.311 e. The van der Waals surface area contributed by atoms with E-state index in [1.165, 1.54) is 0 Å². The molecule has 2 atom stereocenters. The average Bonchev–Trinajstić information content (AvgIpc) is 2.76. The molecule has 1 rings (SSSR count). The molecule has 0 aromatic rings. The lowest BCUT2D eigenvalue weighted by atomic mass is 9.97. The number of aliphatic hydroxyl groups is 1. The van der Waals surface area contributed by atoms with Gasteiger partial charge in [0.05, 0.1) is 12.0 Å². The number of esters is 1. The summed E-state index contributed by atoms with van der Waals surface area (Å²) >= 11 is 0. The number of aliphatic hydroxyl groups excluding tert-OH is 1. The predicted molar refractivity (Wildman–Crippen MR) is 46.2 cm³/mol. The van der Waals surface area contributed by atoms with Crippen LogP contribution in [-0.4, -0.2) is 36.5 Å². The van der Waals surface area contributed by atoms with Crippen LogP contribution in [0.1, 0.15) is 20.8 Å². The third-order valence-corrected chi connectivity index (χ3v) is 1.86. The molecule has 4 heteroatoms. The molecule has 1 N–H and O–H groups in total. The van der Waals surface area contributed by atoms with Crippen molar-refractivity contribution in [2.45, 2.75) is 33.0 Å². The zero-order chi connectivity index (χ0) is 10.1. The van der Waals surface area contributed by atoms with Crippen molar-refractivity contribution in [3.05, 3.63) is 0 Å². The van der Waals surface area contributed by atoms with E-state index >= 15 is 0 Å². The maximum atomic E-state index is 11.3. The first kappa shape index (κ1) is 10.5. The van der Waals surface area contributed by atoms with Crippen molar-refractivity contribution in [2.24, 2.45) is 5.41 Å². The SMILES string of the molecule is CC(C)(C)C(=O)OC[C@@H]1O[C@@H]1CO. The summed E-state index contributed by atoms with van der Waals surface area (Å²) < 4.78 is 9.99. The van der Waals surface area contributed by atoms with Gasteiger partial charge in [0.1, 0.15) is 18.8 Å². The Morgan fingerprint density at radius 3 is 2.46 bits per heavy atom. The second-order valence-electron chi connectivity index (χ2n) is 4.24. The second kappa shape index (κ2) is 3.64. The number of ether oxygens (including phenoxy) is 2. The number of hydrogen-bond donors (Lipinski definition) is 1. The number of carbonyl (C=O) groups is 1. The molecular formula is C9H16O4. The molecule has 0 radical (unpaired) electrons. The van der Waals surface area contributed by atoms with Gasteiger partial charge in [0, 0.05) is 0 Å². The highest BCUT2D eigenvalue weighted by molar-refractivity contribution is 5.75. The van der Waals surface area contributed by atoms with Crippen LogP contribution in [0.25, 0.3) is 0 Å². The third-order valence-electron chi connectivity index (χ3n) is 1.86. The Labute approximate surface area is 77.8 Å². The summed E-state index contributed by atoms with van der Waals surface area (Å²) in [6.07, 6.45) is -0.232. The van der Waals surface area contributed by atoms with Gasteiger partial charge in [-0.3, -0.25) is 4.79 Å². The molecule has 1 saturated heterocycles. The predicted octanol–water partition coefficient (Wildman–Crippen LogP) is 0.335. The van der Waals surface area contributed by atoms with E-state index in [1.54, 1.807) is 20.8 Å². The fraction of sp³-hybridized carbons (Fsp3) is 0.889. The molecule has 0 aromatic heterocycles. The molecule has 1 heterocycles. The van der Waals surface area contributed by atoms with Gasteiger partial charge in [0.2, 0.25) is 0 Å². The number of hydrogen-bond acceptors (Lipinski definition) is 4. The van der Waals surface area contributed by atoms with E-state index in [-0.39, 0.29) is 31.4 Å². The molecule has 0 aromatic carbocycles. The van der Waals surface area contributed by atoms with Crippen molar-refractivity contribution in [2.75, 3.05) is 13.2 Å². The summed E-state index contributed by atoms with van der Waals surface area (Å²) in [5.74, 6) is -0.236. The van der Waals surface area contributed by atoms with Gasteiger partial charge in [-0.15, -0.1) is 0 Å². The van der Waals surface area contributed by atoms with Gasteiger partial charge >= 0.3 is 5.97 Å². The molecule has 13 heavy (non-hydrogen) atoms. The molecule has 1 aliphatic rings. The number of rotatable bonds is 3. The summed E-state index contributed by atoms with van der Waals surface area (Å²) in [6, 6.07) is 0. The first-order valence-corrected chi connectivity index (χ1v) is 4.38. The van der Waals surface area contributed by atoms with E-state index in [0.29, 0.717) is 0 Å². The molecular weight excluding hydrogens is 172 g/mol. The highest BCUT2D eigenvalue weighted by Crippen LogP contribution is 2.23. The van der Waals surface area contributed by atoms with E-state index in [1.807, 2.05) is 0 Å². The van der Waals surface area contributed by atoms with E-state index in [4.69, 9.17) is 14.6 Å². The Balaban J connectivity index is 2.17. The van der Waals surface area contributed by atoms with E-state index in [2.05, 4.69) is 0 Å². The standard InChI is InChI=1S/C9H16O4/c1-9(2,3)8(11)12-5-7-6(4-10)13-7/h6-7,10H,4-5H2,1-3H3/t6-,7+/m1/s1. The Morgan fingerprint density at radius 1 is 1.46 bits per heavy atom. The van der Waals surface area contributed by atoms with Gasteiger partial charge in [0.25, 0.3) is 0 Å². The zero-order valence-corrected chi connectivity index (χ0v) is 8.24. The number of epoxide rings is 1. The maximum absolute atomic E-state index is 11.3. The summed E-state index contributed by atoms with van der Waals surface area (Å²) in [4.78, 5) is 11.3. The number of carbonyl (C=O) groups excluding carboxylic acids is 1. The summed E-state index contributed by atoms with van der Waals surface area (Å²) in [7, 11) is 0. The van der Waals surface area contributed by atoms with Crippen LogP contribution in [0.15, 0.2) is 0 Å². The van der Waals surface area contributed by atoms with Crippen molar-refractivity contribution in [1.82, 2.24) is 0 Å². The minimum atomic E-state index is -0.469. The largest absolute Gasteiger partial charge is 0.462 e. The molecule has 0 spiro atoms. The van der Waals surface area contributed by atoms with Gasteiger partial charge in [-0.2, -0.15) is 0 Å². The molecule has 0 saturated carbocycles. The van der Waals surface area contributed by atoms with Crippen LogP contribution in [-0.2, 0) is 14.3 Å². The van der Waals surface area contributed by atoms with Crippen LogP contribution in [0.2, 0.25) is 0 Å². The van der Waals surface area contributed by atoms with Crippen LogP contribution >= 0.6 is 0 Å². The van der Waals surface area contributed by atoms with Crippen molar-refractivity contribution in [3.63, 3.8) is 0 Å². The Bertz CT molecular complexity index is 194. The molecule has 0 aliphatic carbocycles. The molecule has 0 unspecified atom stereocenters. The molecule has 4 nitrogen and oxygen atoms in total. The van der Waals surface area contributed by atoms with Crippen molar-refractivity contribution in [3.8, 4) is 0 Å². The maximum Gasteiger partial charge on any atom is 0.311 e. The van der Waals surface area contributed by atoms with Crippen LogP contribution in [0.3, 0.4) is 0 Å². The van der Waals surface area contributed by atoms with E-state index in [9.17, 15) is 4.79 Å². The van der Waals surface area contributed by atoms with Crippen molar-refractivity contribution >= 4 is 5.97 Å². The highest BCUT2D eigenvalue weighted by atomic mass is 16.6. The lowest BCUT2D eigenvalue weighted by Crippen LogP contribution is -2.25. The second-order valence-corrected chi connectivity index (χ2v) is 4.24. The van der Waals surface area contributed by atoms with Gasteiger partial charge in [-0.25, -0.2) is 0 Å². The van der Waals surface area contributed by atoms with E-state index in [0.717, 1.165) is 0 Å². The minimum absolute atomic E-state index is 0.00225. The monoisotopic (exact) mass is 188 g/mol. The first-order valence-electron chi connectivity index (χ1n) is 4.38. The highest BCUT2D eigenvalue weighted by Gasteiger charge is 2.39. The molecule has 0 amide bonds. The van der Waals surface area contributed by atoms with Gasteiger partial charge in [0.15, 0.2) is 0 Å². The van der Waals surface area contributed by atoms with Crippen LogP contribution in [0, 0.1) is 5.41 Å². The van der Waals surface area contributed by atoms with Gasteiger partial charge in [-0.1, -0.05) is 0 Å². The van der Waals surface area contributed by atoms with Crippen LogP contribution in [0.5, 0.6) is 0 Å². The molecule has 1 aliphatic heterocycles. The molecule has 1 fully saturated rings. The zero-order valence-electron chi connectivity index (χ0n) is 8.24. The quantitative estimate of drug-likeness (QED) is 0.512. The normalized spacial score (nSPS) is 27.1. The van der Waals surface area contributed by atoms with Gasteiger partial charge in [-0.05, 0) is 20.8 Å².